The number of likely N-dealkylation sites (N-methyl/N-ethyl adjacent to an activating group) is 1. The SMILES string of the molecule is CCN(CC(=O)Nc1ncccn1)C(C)(C)C(=O)O. The fraction of sp³-hybridized carbons (Fsp3) is 0.500. The average molecular weight is 266 g/mol. The third-order valence-electron chi connectivity index (χ3n) is 2.85. The molecule has 0 aliphatic rings. The van der Waals surface area contributed by atoms with Gasteiger partial charge in [0.25, 0.3) is 0 Å². The van der Waals surface area contributed by atoms with Gasteiger partial charge in [-0.1, -0.05) is 6.92 Å². The van der Waals surface area contributed by atoms with E-state index >= 15 is 0 Å². The van der Waals surface area contributed by atoms with Crippen LogP contribution in [0.3, 0.4) is 0 Å². The molecule has 0 spiro atoms. The van der Waals surface area contributed by atoms with E-state index in [-0.39, 0.29) is 18.4 Å². The van der Waals surface area contributed by atoms with Crippen molar-refractivity contribution in [3.05, 3.63) is 18.5 Å². The molecule has 0 saturated carbocycles. The zero-order chi connectivity index (χ0) is 14.5. The molecule has 1 amide bonds. The molecule has 7 heteroatoms. The van der Waals surface area contributed by atoms with Crippen molar-refractivity contribution >= 4 is 17.8 Å². The van der Waals surface area contributed by atoms with Gasteiger partial charge in [-0.3, -0.25) is 19.8 Å². The van der Waals surface area contributed by atoms with Crippen molar-refractivity contribution in [1.29, 1.82) is 0 Å². The number of aliphatic carboxylic acids is 1. The molecule has 0 atom stereocenters. The van der Waals surface area contributed by atoms with Crippen LogP contribution in [0.2, 0.25) is 0 Å². The molecule has 7 nitrogen and oxygen atoms in total. The van der Waals surface area contributed by atoms with E-state index in [1.807, 2.05) is 0 Å². The molecule has 19 heavy (non-hydrogen) atoms. The largest absolute Gasteiger partial charge is 0.480 e. The number of carboxylic acid groups (broad SMARTS) is 1. The molecule has 0 fully saturated rings. The van der Waals surface area contributed by atoms with E-state index in [0.29, 0.717) is 6.54 Å². The smallest absolute Gasteiger partial charge is 0.323 e. The van der Waals surface area contributed by atoms with Crippen molar-refractivity contribution in [1.82, 2.24) is 14.9 Å². The first-order valence-electron chi connectivity index (χ1n) is 5.93. The summed E-state index contributed by atoms with van der Waals surface area (Å²) in [5.41, 5.74) is -1.11. The molecular formula is C12H18N4O3. The monoisotopic (exact) mass is 266 g/mol. The molecule has 0 saturated heterocycles. The normalized spacial score (nSPS) is 11.4. The summed E-state index contributed by atoms with van der Waals surface area (Å²) in [5, 5.41) is 11.7. The van der Waals surface area contributed by atoms with Crippen LogP contribution in [0.25, 0.3) is 0 Å². The fourth-order valence-corrected chi connectivity index (χ4v) is 1.54. The first kappa shape index (κ1) is 15.0. The van der Waals surface area contributed by atoms with Crippen molar-refractivity contribution in [2.75, 3.05) is 18.4 Å². The van der Waals surface area contributed by atoms with Gasteiger partial charge in [0, 0.05) is 12.4 Å². The lowest BCUT2D eigenvalue weighted by Gasteiger charge is -2.33. The molecule has 1 heterocycles. The number of rotatable bonds is 6. The lowest BCUT2D eigenvalue weighted by Crippen LogP contribution is -2.52. The molecule has 0 radical (unpaired) electrons. The zero-order valence-electron chi connectivity index (χ0n) is 11.3. The summed E-state index contributed by atoms with van der Waals surface area (Å²) in [5.74, 6) is -1.11. The molecule has 0 aliphatic heterocycles. The van der Waals surface area contributed by atoms with E-state index in [1.165, 1.54) is 12.4 Å². The van der Waals surface area contributed by atoms with Crippen molar-refractivity contribution in [2.24, 2.45) is 0 Å². The Bertz CT molecular complexity index is 448. The highest BCUT2D eigenvalue weighted by molar-refractivity contribution is 5.91. The van der Waals surface area contributed by atoms with Crippen LogP contribution >= 0.6 is 0 Å². The number of nitrogens with zero attached hydrogens (tertiary/aromatic N) is 3. The van der Waals surface area contributed by atoms with Crippen LogP contribution in [0.15, 0.2) is 18.5 Å². The van der Waals surface area contributed by atoms with Gasteiger partial charge in [0.1, 0.15) is 5.54 Å². The Hall–Kier alpha value is -2.02. The maximum absolute atomic E-state index is 11.8. The molecule has 1 aromatic heterocycles. The van der Waals surface area contributed by atoms with E-state index in [9.17, 15) is 9.59 Å². The Balaban J connectivity index is 2.67. The molecule has 0 aliphatic carbocycles. The van der Waals surface area contributed by atoms with Gasteiger partial charge in [0.2, 0.25) is 11.9 Å². The van der Waals surface area contributed by atoms with Gasteiger partial charge in [0.05, 0.1) is 6.54 Å². The van der Waals surface area contributed by atoms with Gasteiger partial charge < -0.3 is 5.11 Å². The molecule has 1 rings (SSSR count). The topological polar surface area (TPSA) is 95.4 Å². The third kappa shape index (κ3) is 3.99. The van der Waals surface area contributed by atoms with Gasteiger partial charge in [-0.15, -0.1) is 0 Å². The van der Waals surface area contributed by atoms with Gasteiger partial charge in [-0.05, 0) is 26.5 Å². The van der Waals surface area contributed by atoms with Crippen LogP contribution in [0.1, 0.15) is 20.8 Å². The van der Waals surface area contributed by atoms with Gasteiger partial charge in [-0.2, -0.15) is 0 Å². The van der Waals surface area contributed by atoms with Crippen LogP contribution in [0.4, 0.5) is 5.95 Å². The predicted octanol–water partition coefficient (Wildman–Crippen LogP) is 0.600. The molecule has 0 unspecified atom stereocenters. The number of carboxylic acids is 1. The number of carbonyl (C=O) groups excluding carboxylic acids is 1. The van der Waals surface area contributed by atoms with Crippen molar-refractivity contribution in [3.63, 3.8) is 0 Å². The highest BCUT2D eigenvalue weighted by Gasteiger charge is 2.34. The summed E-state index contributed by atoms with van der Waals surface area (Å²) in [6.07, 6.45) is 3.03. The summed E-state index contributed by atoms with van der Waals surface area (Å²) in [6.45, 7) is 5.34. The maximum Gasteiger partial charge on any atom is 0.323 e. The van der Waals surface area contributed by atoms with Gasteiger partial charge in [-0.25, -0.2) is 9.97 Å². The molecule has 0 bridgehead atoms. The quantitative estimate of drug-likeness (QED) is 0.783. The third-order valence-corrected chi connectivity index (χ3v) is 2.85. The summed E-state index contributed by atoms with van der Waals surface area (Å²) >= 11 is 0. The second-order valence-electron chi connectivity index (χ2n) is 4.50. The minimum absolute atomic E-state index is 0.0337. The molecule has 0 aromatic carbocycles. The van der Waals surface area contributed by atoms with Crippen molar-refractivity contribution < 1.29 is 14.7 Å². The first-order chi connectivity index (χ1) is 8.87. The van der Waals surface area contributed by atoms with Crippen LogP contribution in [0.5, 0.6) is 0 Å². The van der Waals surface area contributed by atoms with E-state index in [0.717, 1.165) is 0 Å². The lowest BCUT2D eigenvalue weighted by molar-refractivity contribution is -0.149. The summed E-state index contributed by atoms with van der Waals surface area (Å²) in [6, 6.07) is 1.64. The van der Waals surface area contributed by atoms with E-state index in [1.54, 1.807) is 31.7 Å². The number of anilines is 1. The average Bonchev–Trinajstić information content (AvgIpc) is 2.36. The maximum atomic E-state index is 11.8. The standard InChI is InChI=1S/C12H18N4O3/c1-4-16(12(2,3)10(18)19)8-9(17)15-11-13-6-5-7-14-11/h5-7H,4,8H2,1-3H3,(H,18,19)(H,13,14,15,17). The number of aromatic nitrogens is 2. The molecule has 1 aromatic rings. The predicted molar refractivity (Wildman–Crippen MR) is 69.6 cm³/mol. The number of hydrogen-bond acceptors (Lipinski definition) is 5. The number of amides is 1. The van der Waals surface area contributed by atoms with Crippen LogP contribution in [-0.2, 0) is 9.59 Å². The van der Waals surface area contributed by atoms with Crippen LogP contribution in [-0.4, -0.2) is 50.5 Å². The number of carbonyl (C=O) groups is 2. The van der Waals surface area contributed by atoms with E-state index < -0.39 is 11.5 Å². The minimum atomic E-state index is -1.11. The Morgan fingerprint density at radius 2 is 1.95 bits per heavy atom. The Kier molecular flexibility index (Phi) is 4.94. The number of nitrogens with one attached hydrogen (secondary N) is 1. The van der Waals surface area contributed by atoms with E-state index in [2.05, 4.69) is 15.3 Å². The summed E-state index contributed by atoms with van der Waals surface area (Å²) < 4.78 is 0. The Labute approximate surface area is 111 Å². The summed E-state index contributed by atoms with van der Waals surface area (Å²) in [7, 11) is 0. The highest BCUT2D eigenvalue weighted by atomic mass is 16.4. The molecule has 104 valence electrons. The molecule has 2 N–H and O–H groups in total. The molecular weight excluding hydrogens is 248 g/mol. The van der Waals surface area contributed by atoms with Gasteiger partial charge >= 0.3 is 5.97 Å². The van der Waals surface area contributed by atoms with Crippen LogP contribution < -0.4 is 5.32 Å². The summed E-state index contributed by atoms with van der Waals surface area (Å²) in [4.78, 5) is 32.3. The lowest BCUT2D eigenvalue weighted by atomic mass is 10.0. The zero-order valence-corrected chi connectivity index (χ0v) is 11.3. The van der Waals surface area contributed by atoms with Crippen LogP contribution in [0, 0.1) is 0 Å². The van der Waals surface area contributed by atoms with Crippen molar-refractivity contribution in [3.8, 4) is 0 Å². The second-order valence-corrected chi connectivity index (χ2v) is 4.50. The van der Waals surface area contributed by atoms with Gasteiger partial charge in [0.15, 0.2) is 0 Å². The highest BCUT2D eigenvalue weighted by Crippen LogP contribution is 2.14. The van der Waals surface area contributed by atoms with Crippen molar-refractivity contribution in [2.45, 2.75) is 26.3 Å². The fourth-order valence-electron chi connectivity index (χ4n) is 1.54. The second kappa shape index (κ2) is 6.24. The Morgan fingerprint density at radius 1 is 1.37 bits per heavy atom. The Morgan fingerprint density at radius 3 is 2.42 bits per heavy atom. The first-order valence-corrected chi connectivity index (χ1v) is 5.93. The van der Waals surface area contributed by atoms with E-state index in [4.69, 9.17) is 5.11 Å². The number of hydrogen-bond donors (Lipinski definition) is 2. The minimum Gasteiger partial charge on any atom is -0.480 e.